The van der Waals surface area contributed by atoms with Gasteiger partial charge in [0.05, 0.1) is 0 Å². The summed E-state index contributed by atoms with van der Waals surface area (Å²) in [5.41, 5.74) is 0. The zero-order valence-corrected chi connectivity index (χ0v) is 12.7. The Hall–Kier alpha value is -1.26. The van der Waals surface area contributed by atoms with E-state index in [0.717, 1.165) is 38.5 Å². The normalized spacial score (nSPS) is 23.9. The maximum Gasteiger partial charge on any atom is 0.326 e. The zero-order valence-electron chi connectivity index (χ0n) is 12.7. The highest BCUT2D eigenvalue weighted by molar-refractivity contribution is 5.82. The van der Waals surface area contributed by atoms with Crippen molar-refractivity contribution in [2.75, 3.05) is 0 Å². The van der Waals surface area contributed by atoms with Crippen LogP contribution >= 0.6 is 0 Å². The molecule has 116 valence electrons. The van der Waals surface area contributed by atoms with Crippen molar-refractivity contribution < 1.29 is 14.7 Å². The van der Waals surface area contributed by atoms with E-state index in [2.05, 4.69) is 17.6 Å². The van der Waals surface area contributed by atoms with Crippen molar-refractivity contribution in [1.82, 2.24) is 10.6 Å². The van der Waals surface area contributed by atoms with E-state index in [1.807, 2.05) is 6.92 Å². The van der Waals surface area contributed by atoms with Gasteiger partial charge in [0.2, 0.25) is 0 Å². The largest absolute Gasteiger partial charge is 0.480 e. The van der Waals surface area contributed by atoms with Gasteiger partial charge in [-0.3, -0.25) is 0 Å². The number of amides is 2. The molecule has 2 amide bonds. The summed E-state index contributed by atoms with van der Waals surface area (Å²) in [6.45, 7) is 4.18. The SMILES string of the molecule is CCCC[C@H](NC(=O)NC1CCCC(CC)C1)C(=O)O. The topological polar surface area (TPSA) is 78.4 Å². The van der Waals surface area contributed by atoms with E-state index in [0.29, 0.717) is 12.3 Å². The molecule has 0 aromatic rings. The average molecular weight is 284 g/mol. The standard InChI is InChI=1S/C15H28N2O3/c1-3-5-9-13(14(18)19)17-15(20)16-12-8-6-7-11(4-2)10-12/h11-13H,3-10H2,1-2H3,(H,18,19)(H2,16,17,20)/t11?,12?,13-/m0/s1. The molecule has 1 saturated carbocycles. The molecular formula is C15H28N2O3. The van der Waals surface area contributed by atoms with Gasteiger partial charge >= 0.3 is 12.0 Å². The molecule has 3 N–H and O–H groups in total. The van der Waals surface area contributed by atoms with Crippen molar-refractivity contribution in [2.24, 2.45) is 5.92 Å². The summed E-state index contributed by atoms with van der Waals surface area (Å²) >= 11 is 0. The molecule has 5 heteroatoms. The van der Waals surface area contributed by atoms with E-state index in [9.17, 15) is 9.59 Å². The summed E-state index contributed by atoms with van der Waals surface area (Å²) in [6, 6.07) is -0.926. The summed E-state index contributed by atoms with van der Waals surface area (Å²) in [6.07, 6.45) is 7.75. The number of nitrogens with one attached hydrogen (secondary N) is 2. The van der Waals surface area contributed by atoms with Gasteiger partial charge in [-0.15, -0.1) is 0 Å². The van der Waals surface area contributed by atoms with E-state index in [-0.39, 0.29) is 12.1 Å². The lowest BCUT2D eigenvalue weighted by Gasteiger charge is -2.29. The van der Waals surface area contributed by atoms with Crippen LogP contribution < -0.4 is 10.6 Å². The van der Waals surface area contributed by atoms with Crippen molar-refractivity contribution in [3.8, 4) is 0 Å². The second-order valence-corrected chi connectivity index (χ2v) is 5.79. The first-order valence-electron chi connectivity index (χ1n) is 7.86. The third-order valence-electron chi connectivity index (χ3n) is 4.15. The summed E-state index contributed by atoms with van der Waals surface area (Å²) in [4.78, 5) is 23.0. The molecule has 0 aromatic heterocycles. The lowest BCUT2D eigenvalue weighted by Crippen LogP contribution is -2.49. The van der Waals surface area contributed by atoms with Gasteiger partial charge in [-0.25, -0.2) is 9.59 Å². The van der Waals surface area contributed by atoms with E-state index in [4.69, 9.17) is 5.11 Å². The van der Waals surface area contributed by atoms with Crippen LogP contribution in [-0.4, -0.2) is 29.2 Å². The van der Waals surface area contributed by atoms with Gasteiger partial charge in [0.1, 0.15) is 6.04 Å². The number of hydrogen-bond donors (Lipinski definition) is 3. The Morgan fingerprint density at radius 2 is 2.05 bits per heavy atom. The molecule has 0 aromatic carbocycles. The second kappa shape index (κ2) is 8.82. The fraction of sp³-hybridized carbons (Fsp3) is 0.867. The summed E-state index contributed by atoms with van der Waals surface area (Å²) < 4.78 is 0. The first-order chi connectivity index (χ1) is 9.56. The van der Waals surface area contributed by atoms with Gasteiger partial charge < -0.3 is 15.7 Å². The number of carboxylic acid groups (broad SMARTS) is 1. The first kappa shape index (κ1) is 16.8. The third kappa shape index (κ3) is 5.80. The smallest absolute Gasteiger partial charge is 0.326 e. The molecule has 0 radical (unpaired) electrons. The van der Waals surface area contributed by atoms with Crippen LogP contribution in [0, 0.1) is 5.92 Å². The summed E-state index contributed by atoms with van der Waals surface area (Å²) in [7, 11) is 0. The van der Waals surface area contributed by atoms with Gasteiger partial charge in [0, 0.05) is 6.04 Å². The minimum atomic E-state index is -0.955. The average Bonchev–Trinajstić information content (AvgIpc) is 2.43. The minimum Gasteiger partial charge on any atom is -0.480 e. The van der Waals surface area contributed by atoms with Crippen molar-refractivity contribution in [2.45, 2.75) is 77.3 Å². The number of hydrogen-bond acceptors (Lipinski definition) is 2. The molecule has 0 heterocycles. The van der Waals surface area contributed by atoms with E-state index in [1.165, 1.54) is 6.42 Å². The van der Waals surface area contributed by atoms with E-state index < -0.39 is 12.0 Å². The molecule has 3 atom stereocenters. The predicted octanol–water partition coefficient (Wildman–Crippen LogP) is 2.90. The molecule has 1 rings (SSSR count). The Kier molecular flexibility index (Phi) is 7.41. The van der Waals surface area contributed by atoms with Crippen LogP contribution in [0.1, 0.15) is 65.2 Å². The molecule has 1 aliphatic carbocycles. The zero-order chi connectivity index (χ0) is 15.0. The van der Waals surface area contributed by atoms with Crippen LogP contribution in [0.25, 0.3) is 0 Å². The minimum absolute atomic E-state index is 0.189. The molecule has 1 fully saturated rings. The van der Waals surface area contributed by atoms with Gasteiger partial charge in [-0.2, -0.15) is 0 Å². The second-order valence-electron chi connectivity index (χ2n) is 5.79. The van der Waals surface area contributed by atoms with Crippen LogP contribution in [0.15, 0.2) is 0 Å². The molecule has 2 unspecified atom stereocenters. The molecule has 0 bridgehead atoms. The fourth-order valence-electron chi connectivity index (χ4n) is 2.84. The fourth-order valence-corrected chi connectivity index (χ4v) is 2.84. The first-order valence-corrected chi connectivity index (χ1v) is 7.86. The van der Waals surface area contributed by atoms with Crippen LogP contribution in [0.2, 0.25) is 0 Å². The number of rotatable bonds is 7. The molecule has 0 saturated heterocycles. The summed E-state index contributed by atoms with van der Waals surface area (Å²) in [5.74, 6) is -0.270. The molecule has 0 aliphatic heterocycles. The third-order valence-corrected chi connectivity index (χ3v) is 4.15. The van der Waals surface area contributed by atoms with E-state index >= 15 is 0 Å². The molecule has 1 aliphatic rings. The maximum absolute atomic E-state index is 11.9. The Balaban J connectivity index is 2.38. The van der Waals surface area contributed by atoms with Crippen LogP contribution in [-0.2, 0) is 4.79 Å². The molecule has 0 spiro atoms. The highest BCUT2D eigenvalue weighted by Gasteiger charge is 2.24. The van der Waals surface area contributed by atoms with Gasteiger partial charge in [0.25, 0.3) is 0 Å². The van der Waals surface area contributed by atoms with Crippen LogP contribution in [0.3, 0.4) is 0 Å². The number of aliphatic carboxylic acids is 1. The quantitative estimate of drug-likeness (QED) is 0.672. The van der Waals surface area contributed by atoms with Crippen LogP contribution in [0.4, 0.5) is 4.79 Å². The maximum atomic E-state index is 11.9. The Bertz CT molecular complexity index is 320. The number of carbonyl (C=O) groups is 2. The van der Waals surface area contributed by atoms with Gasteiger partial charge in [-0.05, 0) is 25.2 Å². The van der Waals surface area contributed by atoms with Crippen molar-refractivity contribution >= 4 is 12.0 Å². The Morgan fingerprint density at radius 1 is 1.30 bits per heavy atom. The molecular weight excluding hydrogens is 256 g/mol. The van der Waals surface area contributed by atoms with Crippen molar-refractivity contribution in [1.29, 1.82) is 0 Å². The highest BCUT2D eigenvalue weighted by Crippen LogP contribution is 2.26. The van der Waals surface area contributed by atoms with Gasteiger partial charge in [0.15, 0.2) is 0 Å². The lowest BCUT2D eigenvalue weighted by molar-refractivity contribution is -0.139. The van der Waals surface area contributed by atoms with Gasteiger partial charge in [-0.1, -0.05) is 46.0 Å². The van der Waals surface area contributed by atoms with E-state index in [1.54, 1.807) is 0 Å². The predicted molar refractivity (Wildman–Crippen MR) is 78.7 cm³/mol. The molecule has 5 nitrogen and oxygen atoms in total. The number of unbranched alkanes of at least 4 members (excludes halogenated alkanes) is 1. The number of urea groups is 1. The van der Waals surface area contributed by atoms with Crippen LogP contribution in [0.5, 0.6) is 0 Å². The van der Waals surface area contributed by atoms with Crippen molar-refractivity contribution in [3.63, 3.8) is 0 Å². The Labute approximate surface area is 121 Å². The lowest BCUT2D eigenvalue weighted by atomic mass is 9.84. The monoisotopic (exact) mass is 284 g/mol. The van der Waals surface area contributed by atoms with Crippen molar-refractivity contribution in [3.05, 3.63) is 0 Å². The molecule has 20 heavy (non-hydrogen) atoms. The number of carbonyl (C=O) groups excluding carboxylic acids is 1. The highest BCUT2D eigenvalue weighted by atomic mass is 16.4. The summed E-state index contributed by atoms with van der Waals surface area (Å²) in [5, 5.41) is 14.6. The Morgan fingerprint density at radius 3 is 2.65 bits per heavy atom. The number of carboxylic acids is 1.